The van der Waals surface area contributed by atoms with Gasteiger partial charge in [-0.2, -0.15) is 0 Å². The summed E-state index contributed by atoms with van der Waals surface area (Å²) >= 11 is 6.26. The summed E-state index contributed by atoms with van der Waals surface area (Å²) in [7, 11) is 0. The van der Waals surface area contributed by atoms with Gasteiger partial charge < -0.3 is 10.2 Å². The molecular formula is C26H23ClN2O2. The molecule has 1 amide bonds. The van der Waals surface area contributed by atoms with E-state index in [0.29, 0.717) is 17.1 Å². The van der Waals surface area contributed by atoms with Crippen LogP contribution in [0.4, 0.5) is 5.69 Å². The van der Waals surface area contributed by atoms with Crippen LogP contribution in [0.3, 0.4) is 0 Å². The Morgan fingerprint density at radius 1 is 0.968 bits per heavy atom. The number of ketones is 1. The van der Waals surface area contributed by atoms with E-state index in [1.807, 2.05) is 79.7 Å². The van der Waals surface area contributed by atoms with Crippen molar-refractivity contribution in [2.45, 2.75) is 26.4 Å². The molecule has 0 bridgehead atoms. The number of nitrogens with zero attached hydrogens (tertiary/aromatic N) is 1. The third-order valence-corrected chi connectivity index (χ3v) is 5.78. The van der Waals surface area contributed by atoms with Crippen molar-refractivity contribution >= 4 is 34.6 Å². The van der Waals surface area contributed by atoms with Crippen LogP contribution in [-0.2, 0) is 16.1 Å². The molecule has 0 fully saturated rings. The molecule has 0 saturated carbocycles. The zero-order valence-electron chi connectivity index (χ0n) is 17.4. The van der Waals surface area contributed by atoms with Crippen LogP contribution in [0.5, 0.6) is 0 Å². The van der Waals surface area contributed by atoms with Crippen molar-refractivity contribution in [2.24, 2.45) is 0 Å². The number of rotatable bonds is 5. The molecule has 3 aromatic rings. The van der Waals surface area contributed by atoms with Crippen LogP contribution in [0, 0.1) is 0 Å². The fourth-order valence-corrected chi connectivity index (χ4v) is 4.20. The lowest BCUT2D eigenvalue weighted by molar-refractivity contribution is -0.124. The summed E-state index contributed by atoms with van der Waals surface area (Å²) in [5.41, 5.74) is 4.92. The van der Waals surface area contributed by atoms with Crippen LogP contribution >= 0.6 is 11.6 Å². The number of halogens is 1. The van der Waals surface area contributed by atoms with Crippen molar-refractivity contribution in [1.29, 1.82) is 0 Å². The third-order valence-electron chi connectivity index (χ3n) is 5.54. The first kappa shape index (κ1) is 20.9. The van der Waals surface area contributed by atoms with E-state index in [1.165, 1.54) is 6.92 Å². The number of fused-ring (bicyclic) bond motifs is 1. The van der Waals surface area contributed by atoms with Gasteiger partial charge in [-0.25, -0.2) is 0 Å². The summed E-state index contributed by atoms with van der Waals surface area (Å²) < 4.78 is 0. The quantitative estimate of drug-likeness (QED) is 0.578. The number of amides is 1. The summed E-state index contributed by atoms with van der Waals surface area (Å²) in [6.07, 6.45) is 0. The molecule has 0 radical (unpaired) electrons. The molecule has 0 spiro atoms. The highest BCUT2D eigenvalue weighted by Crippen LogP contribution is 2.36. The Kier molecular flexibility index (Phi) is 5.92. The number of para-hydroxylation sites is 1. The van der Waals surface area contributed by atoms with Gasteiger partial charge in [0.2, 0.25) is 0 Å². The van der Waals surface area contributed by atoms with Crippen molar-refractivity contribution in [2.75, 3.05) is 4.90 Å². The first-order valence-corrected chi connectivity index (χ1v) is 10.5. The second-order valence-corrected chi connectivity index (χ2v) is 8.05. The molecule has 4 rings (SSSR count). The van der Waals surface area contributed by atoms with Gasteiger partial charge in [0.05, 0.1) is 5.57 Å². The lowest BCUT2D eigenvalue weighted by Gasteiger charge is -2.34. The molecule has 1 aliphatic rings. The Hall–Kier alpha value is -3.37. The van der Waals surface area contributed by atoms with E-state index in [0.717, 1.165) is 28.1 Å². The van der Waals surface area contributed by atoms with E-state index in [-0.39, 0.29) is 11.7 Å². The highest BCUT2D eigenvalue weighted by atomic mass is 35.5. The second kappa shape index (κ2) is 8.78. The van der Waals surface area contributed by atoms with Crippen molar-refractivity contribution in [3.63, 3.8) is 0 Å². The lowest BCUT2D eigenvalue weighted by atomic mass is 9.92. The highest BCUT2D eigenvalue weighted by Gasteiger charge is 2.30. The fraction of sp³-hybridized carbons (Fsp3) is 0.154. The molecule has 1 atom stereocenters. The maximum Gasteiger partial charge on any atom is 0.254 e. The van der Waals surface area contributed by atoms with Gasteiger partial charge in [-0.05, 0) is 54.8 Å². The zero-order valence-corrected chi connectivity index (χ0v) is 18.2. The van der Waals surface area contributed by atoms with E-state index >= 15 is 0 Å². The number of hydrogen-bond acceptors (Lipinski definition) is 3. The highest BCUT2D eigenvalue weighted by molar-refractivity contribution is 6.31. The first-order valence-electron chi connectivity index (χ1n) is 10.1. The predicted octanol–water partition coefficient (Wildman–Crippen LogP) is 5.54. The molecule has 3 aromatic carbocycles. The summed E-state index contributed by atoms with van der Waals surface area (Å²) in [5, 5.41) is 3.58. The number of allylic oxidation sites excluding steroid dienone is 1. The van der Waals surface area contributed by atoms with Gasteiger partial charge in [-0.1, -0.05) is 66.2 Å². The van der Waals surface area contributed by atoms with E-state index < -0.39 is 6.04 Å². The Morgan fingerprint density at radius 2 is 1.61 bits per heavy atom. The number of anilines is 1. The maximum absolute atomic E-state index is 13.5. The molecule has 156 valence electrons. The SMILES string of the molecule is CC(=O)[C@@H](NC(=O)C1=C(C)N(c2ccccc2)Cc2cc(Cl)ccc21)c1ccccc1. The molecule has 0 aliphatic carbocycles. The van der Waals surface area contributed by atoms with Crippen LogP contribution in [0.2, 0.25) is 5.02 Å². The van der Waals surface area contributed by atoms with Crippen molar-refractivity contribution in [3.05, 3.63) is 106 Å². The largest absolute Gasteiger partial charge is 0.340 e. The molecule has 0 saturated heterocycles. The average molecular weight is 431 g/mol. The molecule has 0 aromatic heterocycles. The minimum absolute atomic E-state index is 0.121. The van der Waals surface area contributed by atoms with Gasteiger partial charge in [-0.3, -0.25) is 9.59 Å². The minimum atomic E-state index is -0.711. The van der Waals surface area contributed by atoms with Gasteiger partial charge in [0.15, 0.2) is 5.78 Å². The van der Waals surface area contributed by atoms with Crippen LogP contribution in [0.1, 0.15) is 36.6 Å². The van der Waals surface area contributed by atoms with Gasteiger partial charge in [0.25, 0.3) is 5.91 Å². The molecule has 1 heterocycles. The number of nitrogens with one attached hydrogen (secondary N) is 1. The Bertz CT molecular complexity index is 1160. The molecular weight excluding hydrogens is 408 g/mol. The van der Waals surface area contributed by atoms with Crippen LogP contribution in [0.15, 0.2) is 84.6 Å². The van der Waals surface area contributed by atoms with Crippen molar-refractivity contribution < 1.29 is 9.59 Å². The molecule has 1 aliphatic heterocycles. The smallest absolute Gasteiger partial charge is 0.254 e. The summed E-state index contributed by atoms with van der Waals surface area (Å²) in [4.78, 5) is 28.0. The van der Waals surface area contributed by atoms with Gasteiger partial charge >= 0.3 is 0 Å². The van der Waals surface area contributed by atoms with E-state index in [9.17, 15) is 9.59 Å². The zero-order chi connectivity index (χ0) is 22.0. The number of carbonyl (C=O) groups excluding carboxylic acids is 2. The lowest BCUT2D eigenvalue weighted by Crippen LogP contribution is -2.37. The summed E-state index contributed by atoms with van der Waals surface area (Å²) in [6, 6.07) is 24.1. The van der Waals surface area contributed by atoms with Crippen molar-refractivity contribution in [1.82, 2.24) is 5.32 Å². The summed E-state index contributed by atoms with van der Waals surface area (Å²) in [5.74, 6) is -0.407. The number of Topliss-reactive ketones (excluding diaryl/α,β-unsaturated/α-hetero) is 1. The molecule has 31 heavy (non-hydrogen) atoms. The average Bonchev–Trinajstić information content (AvgIpc) is 2.78. The van der Waals surface area contributed by atoms with Crippen LogP contribution in [0.25, 0.3) is 5.57 Å². The molecule has 0 unspecified atom stereocenters. The van der Waals surface area contributed by atoms with Crippen molar-refractivity contribution in [3.8, 4) is 0 Å². The molecule has 4 nitrogen and oxygen atoms in total. The van der Waals surface area contributed by atoms with E-state index in [2.05, 4.69) is 10.2 Å². The summed E-state index contributed by atoms with van der Waals surface area (Å²) in [6.45, 7) is 4.03. The standard InChI is InChI=1S/C26H23ClN2O2/c1-17-24(26(31)28-25(18(2)30)19-9-5-3-6-10-19)23-14-13-21(27)15-20(23)16-29(17)22-11-7-4-8-12-22/h3-15,25H,16H2,1-2H3,(H,28,31)/t25-/m1/s1. The molecule has 5 heteroatoms. The van der Waals surface area contributed by atoms with E-state index in [1.54, 1.807) is 6.07 Å². The Balaban J connectivity index is 1.77. The number of carbonyl (C=O) groups is 2. The van der Waals surface area contributed by atoms with Gasteiger partial charge in [-0.15, -0.1) is 0 Å². The number of benzene rings is 3. The number of hydrogen-bond donors (Lipinski definition) is 1. The second-order valence-electron chi connectivity index (χ2n) is 7.61. The Morgan fingerprint density at radius 3 is 2.26 bits per heavy atom. The molecule has 1 N–H and O–H groups in total. The maximum atomic E-state index is 13.5. The monoisotopic (exact) mass is 430 g/mol. The minimum Gasteiger partial charge on any atom is -0.340 e. The third kappa shape index (κ3) is 4.25. The normalized spacial score (nSPS) is 14.1. The van der Waals surface area contributed by atoms with Gasteiger partial charge in [0, 0.05) is 23.0 Å². The Labute approximate surface area is 187 Å². The predicted molar refractivity (Wildman–Crippen MR) is 125 cm³/mol. The van der Waals surface area contributed by atoms with E-state index in [4.69, 9.17) is 11.6 Å². The van der Waals surface area contributed by atoms with Crippen LogP contribution in [-0.4, -0.2) is 11.7 Å². The topological polar surface area (TPSA) is 49.4 Å². The van der Waals surface area contributed by atoms with Crippen LogP contribution < -0.4 is 10.2 Å². The fourth-order valence-electron chi connectivity index (χ4n) is 4.00. The first-order chi connectivity index (χ1) is 15.0. The van der Waals surface area contributed by atoms with Gasteiger partial charge in [0.1, 0.15) is 6.04 Å².